The first-order valence-electron chi connectivity index (χ1n) is 6.97. The maximum absolute atomic E-state index is 12.0. The van der Waals surface area contributed by atoms with Gasteiger partial charge >= 0.3 is 0 Å². The molecule has 0 aromatic carbocycles. The molecule has 0 spiro atoms. The maximum atomic E-state index is 12.0. The zero-order valence-electron chi connectivity index (χ0n) is 11.1. The number of nitrogens with zero attached hydrogens (tertiary/aromatic N) is 3. The van der Waals surface area contributed by atoms with E-state index in [1.54, 1.807) is 0 Å². The van der Waals surface area contributed by atoms with Crippen molar-refractivity contribution in [3.63, 3.8) is 0 Å². The van der Waals surface area contributed by atoms with Crippen LogP contribution in [0.3, 0.4) is 0 Å². The van der Waals surface area contributed by atoms with E-state index >= 15 is 0 Å². The molecule has 1 fully saturated rings. The first-order chi connectivity index (χ1) is 9.33. The molecule has 6 heteroatoms. The molecule has 0 radical (unpaired) electrons. The minimum Gasteiger partial charge on any atom is -0.372 e. The van der Waals surface area contributed by atoms with Gasteiger partial charge in [-0.3, -0.25) is 4.79 Å². The number of ether oxygens (including phenoxy) is 1. The highest BCUT2D eigenvalue weighted by Gasteiger charge is 2.17. The number of hydrogen-bond donors (Lipinski definition) is 1. The molecule has 0 bridgehead atoms. The van der Waals surface area contributed by atoms with Crippen LogP contribution in [0.2, 0.25) is 0 Å². The van der Waals surface area contributed by atoms with Crippen molar-refractivity contribution in [3.05, 3.63) is 17.7 Å². The lowest BCUT2D eigenvalue weighted by Gasteiger charge is -2.14. The highest BCUT2D eigenvalue weighted by atomic mass is 16.5. The molecule has 0 saturated carbocycles. The van der Waals surface area contributed by atoms with E-state index in [1.165, 1.54) is 12.8 Å². The molecule has 0 aliphatic carbocycles. The monoisotopic (exact) mass is 264 g/mol. The van der Waals surface area contributed by atoms with E-state index in [-0.39, 0.29) is 5.91 Å². The molecule has 1 aromatic rings. The summed E-state index contributed by atoms with van der Waals surface area (Å²) in [5.41, 5.74) is 0.502. The molecule has 6 nitrogen and oxygen atoms in total. The van der Waals surface area contributed by atoms with Crippen molar-refractivity contribution in [1.82, 2.24) is 19.8 Å². The average molecular weight is 264 g/mol. The Morgan fingerprint density at radius 1 is 1.37 bits per heavy atom. The maximum Gasteiger partial charge on any atom is 0.271 e. The Hall–Kier alpha value is -1.40. The van der Waals surface area contributed by atoms with Gasteiger partial charge in [0, 0.05) is 25.8 Å². The number of amides is 1. The molecular weight excluding hydrogens is 244 g/mol. The van der Waals surface area contributed by atoms with E-state index in [0.717, 1.165) is 32.0 Å². The second-order valence-corrected chi connectivity index (χ2v) is 5.09. The van der Waals surface area contributed by atoms with Crippen LogP contribution in [-0.4, -0.2) is 53.1 Å². The quantitative estimate of drug-likeness (QED) is 0.846. The number of carbonyl (C=O) groups excluding carboxylic acids is 1. The molecule has 1 aromatic heterocycles. The van der Waals surface area contributed by atoms with Crippen molar-refractivity contribution in [3.8, 4) is 0 Å². The number of hydrogen-bond acceptors (Lipinski definition) is 4. The standard InChI is InChI=1S/C13H20N4O2/c18-13(14-3-6-16-4-1-2-5-16)11-9-17-7-8-19-10-12(17)15-11/h9H,1-8,10H2,(H,14,18). The number of fused-ring (bicyclic) bond motifs is 1. The van der Waals surface area contributed by atoms with E-state index in [2.05, 4.69) is 15.2 Å². The van der Waals surface area contributed by atoms with Crippen LogP contribution in [0.5, 0.6) is 0 Å². The predicted octanol–water partition coefficient (Wildman–Crippen LogP) is 0.239. The van der Waals surface area contributed by atoms with Gasteiger partial charge in [-0.1, -0.05) is 0 Å². The summed E-state index contributed by atoms with van der Waals surface area (Å²) in [6.45, 7) is 5.92. The van der Waals surface area contributed by atoms with E-state index in [1.807, 2.05) is 10.8 Å². The van der Waals surface area contributed by atoms with Gasteiger partial charge in [-0.15, -0.1) is 0 Å². The molecule has 2 aliphatic rings. The number of imidazole rings is 1. The second-order valence-electron chi connectivity index (χ2n) is 5.09. The van der Waals surface area contributed by atoms with Crippen LogP contribution in [0.15, 0.2) is 6.20 Å². The molecule has 1 amide bonds. The minimum atomic E-state index is -0.0823. The fourth-order valence-electron chi connectivity index (χ4n) is 2.62. The topological polar surface area (TPSA) is 59.4 Å². The normalized spacial score (nSPS) is 19.4. The van der Waals surface area contributed by atoms with Crippen molar-refractivity contribution < 1.29 is 9.53 Å². The minimum absolute atomic E-state index is 0.0823. The van der Waals surface area contributed by atoms with Crippen molar-refractivity contribution in [2.45, 2.75) is 26.0 Å². The Kier molecular flexibility index (Phi) is 3.79. The molecule has 1 saturated heterocycles. The van der Waals surface area contributed by atoms with Crippen LogP contribution in [0, 0.1) is 0 Å². The first kappa shape index (κ1) is 12.6. The fraction of sp³-hybridized carbons (Fsp3) is 0.692. The lowest BCUT2D eigenvalue weighted by atomic mass is 10.4. The van der Waals surface area contributed by atoms with Crippen LogP contribution in [0.4, 0.5) is 0 Å². The molecule has 2 aliphatic heterocycles. The van der Waals surface area contributed by atoms with E-state index in [9.17, 15) is 4.79 Å². The van der Waals surface area contributed by atoms with Gasteiger partial charge in [0.1, 0.15) is 18.1 Å². The summed E-state index contributed by atoms with van der Waals surface area (Å²) >= 11 is 0. The van der Waals surface area contributed by atoms with Crippen LogP contribution in [0.1, 0.15) is 29.2 Å². The summed E-state index contributed by atoms with van der Waals surface area (Å²) in [7, 11) is 0. The van der Waals surface area contributed by atoms with Crippen LogP contribution in [-0.2, 0) is 17.9 Å². The van der Waals surface area contributed by atoms with E-state index in [0.29, 0.717) is 25.5 Å². The number of carbonyl (C=O) groups is 1. The van der Waals surface area contributed by atoms with Gasteiger partial charge < -0.3 is 19.5 Å². The zero-order valence-corrected chi connectivity index (χ0v) is 11.1. The van der Waals surface area contributed by atoms with Crippen LogP contribution >= 0.6 is 0 Å². The number of rotatable bonds is 4. The average Bonchev–Trinajstić information content (AvgIpc) is 3.07. The largest absolute Gasteiger partial charge is 0.372 e. The summed E-state index contributed by atoms with van der Waals surface area (Å²) < 4.78 is 7.31. The summed E-state index contributed by atoms with van der Waals surface area (Å²) in [6.07, 6.45) is 4.38. The number of aromatic nitrogens is 2. The number of nitrogens with one attached hydrogen (secondary N) is 1. The van der Waals surface area contributed by atoms with Crippen molar-refractivity contribution in [1.29, 1.82) is 0 Å². The molecule has 1 N–H and O–H groups in total. The van der Waals surface area contributed by atoms with Gasteiger partial charge in [0.05, 0.1) is 6.61 Å². The molecule has 0 atom stereocenters. The van der Waals surface area contributed by atoms with E-state index in [4.69, 9.17) is 4.74 Å². The highest BCUT2D eigenvalue weighted by molar-refractivity contribution is 5.92. The molecule has 3 heterocycles. The van der Waals surface area contributed by atoms with Gasteiger partial charge in [-0.25, -0.2) is 4.98 Å². The van der Waals surface area contributed by atoms with Crippen LogP contribution < -0.4 is 5.32 Å². The Labute approximate surface area is 112 Å². The van der Waals surface area contributed by atoms with Crippen molar-refractivity contribution >= 4 is 5.91 Å². The van der Waals surface area contributed by atoms with Gasteiger partial charge in [0.25, 0.3) is 5.91 Å². The predicted molar refractivity (Wildman–Crippen MR) is 69.9 cm³/mol. The number of likely N-dealkylation sites (tertiary alicyclic amines) is 1. The molecule has 0 unspecified atom stereocenters. The SMILES string of the molecule is O=C(NCCN1CCCC1)c1cn2c(n1)COCC2. The lowest BCUT2D eigenvalue weighted by Crippen LogP contribution is -2.33. The highest BCUT2D eigenvalue weighted by Crippen LogP contribution is 2.10. The Bertz CT molecular complexity index is 428. The smallest absolute Gasteiger partial charge is 0.271 e. The molecular formula is C13H20N4O2. The third-order valence-corrected chi connectivity index (χ3v) is 3.71. The summed E-state index contributed by atoms with van der Waals surface area (Å²) in [5.74, 6) is 0.761. The van der Waals surface area contributed by atoms with Gasteiger partial charge in [-0.05, 0) is 25.9 Å². The Morgan fingerprint density at radius 2 is 2.21 bits per heavy atom. The van der Waals surface area contributed by atoms with E-state index < -0.39 is 0 Å². The summed E-state index contributed by atoms with van der Waals surface area (Å²) in [5, 5.41) is 2.94. The lowest BCUT2D eigenvalue weighted by molar-refractivity contribution is 0.0816. The van der Waals surface area contributed by atoms with Gasteiger partial charge in [-0.2, -0.15) is 0 Å². The Morgan fingerprint density at radius 3 is 3.00 bits per heavy atom. The molecule has 3 rings (SSSR count). The second kappa shape index (κ2) is 5.71. The summed E-state index contributed by atoms with van der Waals surface area (Å²) in [4.78, 5) is 18.7. The zero-order chi connectivity index (χ0) is 13.1. The fourth-order valence-corrected chi connectivity index (χ4v) is 2.62. The summed E-state index contributed by atoms with van der Waals surface area (Å²) in [6, 6.07) is 0. The third-order valence-electron chi connectivity index (χ3n) is 3.71. The van der Waals surface area contributed by atoms with Crippen molar-refractivity contribution in [2.75, 3.05) is 32.8 Å². The third kappa shape index (κ3) is 2.96. The van der Waals surface area contributed by atoms with Gasteiger partial charge in [0.15, 0.2) is 0 Å². The van der Waals surface area contributed by atoms with Crippen molar-refractivity contribution in [2.24, 2.45) is 0 Å². The molecule has 104 valence electrons. The Balaban J connectivity index is 1.50. The van der Waals surface area contributed by atoms with Gasteiger partial charge in [0.2, 0.25) is 0 Å². The first-order valence-corrected chi connectivity index (χ1v) is 6.97. The molecule has 19 heavy (non-hydrogen) atoms. The van der Waals surface area contributed by atoms with Crippen LogP contribution in [0.25, 0.3) is 0 Å².